The van der Waals surface area contributed by atoms with Gasteiger partial charge in [-0.15, -0.1) is 11.3 Å². The van der Waals surface area contributed by atoms with E-state index in [0.717, 1.165) is 41.1 Å². The van der Waals surface area contributed by atoms with Crippen LogP contribution >= 0.6 is 27.3 Å². The summed E-state index contributed by atoms with van der Waals surface area (Å²) in [6.07, 6.45) is 3.86. The van der Waals surface area contributed by atoms with Crippen molar-refractivity contribution in [1.29, 1.82) is 0 Å². The van der Waals surface area contributed by atoms with E-state index < -0.39 is 0 Å². The number of aryl methyl sites for hydroxylation is 2. The van der Waals surface area contributed by atoms with Gasteiger partial charge in [0.05, 0.1) is 33.1 Å². The van der Waals surface area contributed by atoms with Crippen molar-refractivity contribution in [2.45, 2.75) is 46.2 Å². The predicted molar refractivity (Wildman–Crippen MR) is 87.2 cm³/mol. The summed E-state index contributed by atoms with van der Waals surface area (Å²) in [5, 5.41) is 11.3. The second-order valence-electron chi connectivity index (χ2n) is 4.77. The molecule has 0 aliphatic heterocycles. The highest BCUT2D eigenvalue weighted by Gasteiger charge is 2.20. The predicted octanol–water partition coefficient (Wildman–Crippen LogP) is 3.71. The molecule has 0 aliphatic carbocycles. The van der Waals surface area contributed by atoms with Crippen molar-refractivity contribution in [2.75, 3.05) is 6.54 Å². The fraction of sp³-hybridized carbons (Fsp3) is 0.571. The molecular formula is C14H21BrN4S. The molecule has 4 nitrogen and oxygen atoms in total. The number of hydrogen-bond donors (Lipinski definition) is 1. The number of nitrogens with one attached hydrogen (secondary N) is 1. The number of thiazole rings is 1. The number of rotatable bonds is 7. The van der Waals surface area contributed by atoms with Crippen LogP contribution < -0.4 is 5.32 Å². The molecular weight excluding hydrogens is 336 g/mol. The Hall–Kier alpha value is -0.720. The first kappa shape index (κ1) is 15.7. The summed E-state index contributed by atoms with van der Waals surface area (Å²) >= 11 is 5.34. The molecule has 0 aromatic carbocycles. The Bertz CT molecular complexity index is 549. The lowest BCUT2D eigenvalue weighted by molar-refractivity contribution is 0.474. The fourth-order valence-electron chi connectivity index (χ4n) is 2.33. The zero-order valence-corrected chi connectivity index (χ0v) is 14.6. The average Bonchev–Trinajstić information content (AvgIpc) is 2.96. The topological polar surface area (TPSA) is 42.7 Å². The van der Waals surface area contributed by atoms with Gasteiger partial charge in [-0.25, -0.2) is 4.98 Å². The van der Waals surface area contributed by atoms with Crippen LogP contribution in [0.4, 0.5) is 0 Å². The van der Waals surface area contributed by atoms with Crippen LogP contribution in [0.2, 0.25) is 0 Å². The SMILES string of the molecule is CCCn1ncc(Br)c1C(Cc1csc(C)n1)NCC. The van der Waals surface area contributed by atoms with Crippen LogP contribution in [0.15, 0.2) is 16.0 Å². The number of halogens is 1. The summed E-state index contributed by atoms with van der Waals surface area (Å²) in [5.41, 5.74) is 2.37. The van der Waals surface area contributed by atoms with Gasteiger partial charge in [-0.1, -0.05) is 13.8 Å². The smallest absolute Gasteiger partial charge is 0.0897 e. The molecule has 2 heterocycles. The van der Waals surface area contributed by atoms with Crippen LogP contribution in [0, 0.1) is 6.92 Å². The van der Waals surface area contributed by atoms with E-state index in [1.165, 1.54) is 5.69 Å². The first-order chi connectivity index (χ1) is 9.65. The Morgan fingerprint density at radius 1 is 1.45 bits per heavy atom. The molecule has 0 amide bonds. The quantitative estimate of drug-likeness (QED) is 0.821. The molecule has 0 aliphatic rings. The third kappa shape index (κ3) is 3.68. The van der Waals surface area contributed by atoms with Gasteiger partial charge in [0.2, 0.25) is 0 Å². The van der Waals surface area contributed by atoms with Crippen molar-refractivity contribution in [3.63, 3.8) is 0 Å². The molecule has 0 saturated carbocycles. The maximum Gasteiger partial charge on any atom is 0.0897 e. The second-order valence-corrected chi connectivity index (χ2v) is 6.69. The van der Waals surface area contributed by atoms with Crippen molar-refractivity contribution in [2.24, 2.45) is 0 Å². The van der Waals surface area contributed by atoms with E-state index in [0.29, 0.717) is 0 Å². The van der Waals surface area contributed by atoms with E-state index in [1.807, 2.05) is 13.1 Å². The van der Waals surface area contributed by atoms with E-state index >= 15 is 0 Å². The molecule has 0 fully saturated rings. The lowest BCUT2D eigenvalue weighted by atomic mass is 10.1. The Balaban J connectivity index is 2.25. The third-order valence-electron chi connectivity index (χ3n) is 3.13. The van der Waals surface area contributed by atoms with Gasteiger partial charge in [0, 0.05) is 18.3 Å². The monoisotopic (exact) mass is 356 g/mol. The van der Waals surface area contributed by atoms with Gasteiger partial charge < -0.3 is 5.32 Å². The highest BCUT2D eigenvalue weighted by Crippen LogP contribution is 2.27. The minimum absolute atomic E-state index is 0.241. The summed E-state index contributed by atoms with van der Waals surface area (Å²) in [4.78, 5) is 4.58. The van der Waals surface area contributed by atoms with Gasteiger partial charge in [0.15, 0.2) is 0 Å². The summed E-state index contributed by atoms with van der Waals surface area (Å²) in [6.45, 7) is 8.23. The van der Waals surface area contributed by atoms with Crippen molar-refractivity contribution >= 4 is 27.3 Å². The van der Waals surface area contributed by atoms with E-state index in [9.17, 15) is 0 Å². The normalized spacial score (nSPS) is 12.8. The molecule has 1 atom stereocenters. The lowest BCUT2D eigenvalue weighted by Crippen LogP contribution is -2.26. The van der Waals surface area contributed by atoms with Gasteiger partial charge >= 0.3 is 0 Å². The van der Waals surface area contributed by atoms with Crippen molar-refractivity contribution < 1.29 is 0 Å². The molecule has 6 heteroatoms. The standard InChI is InChI=1S/C14H21BrN4S/c1-4-6-19-14(12(15)8-17-19)13(16-5-2)7-11-9-20-10(3)18-11/h8-9,13,16H,4-7H2,1-3H3. The first-order valence-electron chi connectivity index (χ1n) is 7.01. The minimum atomic E-state index is 0.241. The highest BCUT2D eigenvalue weighted by atomic mass is 79.9. The van der Waals surface area contributed by atoms with E-state index in [-0.39, 0.29) is 6.04 Å². The lowest BCUT2D eigenvalue weighted by Gasteiger charge is -2.19. The van der Waals surface area contributed by atoms with Crippen LogP contribution in [-0.2, 0) is 13.0 Å². The van der Waals surface area contributed by atoms with Gasteiger partial charge in [0.1, 0.15) is 0 Å². The van der Waals surface area contributed by atoms with E-state index in [2.05, 4.69) is 55.2 Å². The molecule has 0 saturated heterocycles. The Morgan fingerprint density at radius 3 is 2.85 bits per heavy atom. The summed E-state index contributed by atoms with van der Waals surface area (Å²) in [5.74, 6) is 0. The van der Waals surface area contributed by atoms with Crippen molar-refractivity contribution in [1.82, 2.24) is 20.1 Å². The van der Waals surface area contributed by atoms with E-state index in [4.69, 9.17) is 0 Å². The van der Waals surface area contributed by atoms with Crippen molar-refractivity contribution in [3.8, 4) is 0 Å². The third-order valence-corrected chi connectivity index (χ3v) is 4.56. The molecule has 1 unspecified atom stereocenters. The molecule has 2 aromatic rings. The minimum Gasteiger partial charge on any atom is -0.309 e. The Labute approximate surface area is 132 Å². The van der Waals surface area contributed by atoms with Crippen molar-refractivity contribution in [3.05, 3.63) is 32.4 Å². The summed E-state index contributed by atoms with van der Waals surface area (Å²) in [7, 11) is 0. The van der Waals surface area contributed by atoms with Crippen LogP contribution in [0.1, 0.15) is 42.7 Å². The van der Waals surface area contributed by atoms with Gasteiger partial charge in [-0.3, -0.25) is 4.68 Å². The highest BCUT2D eigenvalue weighted by molar-refractivity contribution is 9.10. The van der Waals surface area contributed by atoms with Gasteiger partial charge in [-0.05, 0) is 35.8 Å². The number of aromatic nitrogens is 3. The summed E-state index contributed by atoms with van der Waals surface area (Å²) < 4.78 is 3.17. The van der Waals surface area contributed by atoms with E-state index in [1.54, 1.807) is 11.3 Å². The largest absolute Gasteiger partial charge is 0.309 e. The maximum absolute atomic E-state index is 4.58. The number of nitrogens with zero attached hydrogens (tertiary/aromatic N) is 3. The first-order valence-corrected chi connectivity index (χ1v) is 8.68. The zero-order chi connectivity index (χ0) is 14.5. The second kappa shape index (κ2) is 7.33. The van der Waals surface area contributed by atoms with Gasteiger partial charge in [0.25, 0.3) is 0 Å². The number of likely N-dealkylation sites (N-methyl/N-ethyl adjacent to an activating group) is 1. The maximum atomic E-state index is 4.58. The average molecular weight is 357 g/mol. The van der Waals surface area contributed by atoms with Crippen LogP contribution in [-0.4, -0.2) is 21.3 Å². The number of hydrogen-bond acceptors (Lipinski definition) is 4. The molecule has 1 N–H and O–H groups in total. The van der Waals surface area contributed by atoms with Gasteiger partial charge in [-0.2, -0.15) is 5.10 Å². The summed E-state index contributed by atoms with van der Waals surface area (Å²) in [6, 6.07) is 0.241. The Kier molecular flexibility index (Phi) is 5.74. The van der Waals surface area contributed by atoms with Crippen LogP contribution in [0.3, 0.4) is 0 Å². The fourth-order valence-corrected chi connectivity index (χ4v) is 3.53. The van der Waals surface area contributed by atoms with Crippen LogP contribution in [0.5, 0.6) is 0 Å². The molecule has 20 heavy (non-hydrogen) atoms. The molecule has 0 spiro atoms. The molecule has 2 aromatic heterocycles. The molecule has 2 rings (SSSR count). The molecule has 110 valence electrons. The van der Waals surface area contributed by atoms with Crippen LogP contribution in [0.25, 0.3) is 0 Å². The molecule has 0 bridgehead atoms. The molecule has 0 radical (unpaired) electrons. The zero-order valence-electron chi connectivity index (χ0n) is 12.2. The Morgan fingerprint density at radius 2 is 2.25 bits per heavy atom.